The second-order valence-electron chi connectivity index (χ2n) is 8.37. The van der Waals surface area contributed by atoms with Gasteiger partial charge in [0.1, 0.15) is 22.8 Å². The number of carbonyl (C=O) groups excluding carboxylic acids is 1. The predicted molar refractivity (Wildman–Crippen MR) is 137 cm³/mol. The minimum absolute atomic E-state index is 0.0430. The van der Waals surface area contributed by atoms with E-state index in [1.807, 2.05) is 11.0 Å². The van der Waals surface area contributed by atoms with Gasteiger partial charge in [-0.15, -0.1) is 11.3 Å². The van der Waals surface area contributed by atoms with Gasteiger partial charge in [-0.2, -0.15) is 0 Å². The molecule has 3 aromatic rings. The van der Waals surface area contributed by atoms with Gasteiger partial charge in [0.15, 0.2) is 0 Å². The van der Waals surface area contributed by atoms with Gasteiger partial charge in [0.2, 0.25) is 5.91 Å². The lowest BCUT2D eigenvalue weighted by Gasteiger charge is -2.26. The number of halogens is 2. The summed E-state index contributed by atoms with van der Waals surface area (Å²) in [6.45, 7) is 8.45. The van der Waals surface area contributed by atoms with Crippen molar-refractivity contribution in [2.24, 2.45) is 0 Å². The van der Waals surface area contributed by atoms with Crippen LogP contribution < -0.4 is 5.32 Å². The highest BCUT2D eigenvalue weighted by Gasteiger charge is 2.25. The number of hydrogen-bond donors (Lipinski definition) is 1. The van der Waals surface area contributed by atoms with E-state index >= 15 is 0 Å². The maximum atomic E-state index is 13.5. The van der Waals surface area contributed by atoms with Gasteiger partial charge in [-0.05, 0) is 56.1 Å². The average Bonchev–Trinajstić information content (AvgIpc) is 3.20. The molecule has 180 valence electrons. The van der Waals surface area contributed by atoms with Crippen molar-refractivity contribution in [3.63, 3.8) is 0 Å². The van der Waals surface area contributed by atoms with Crippen molar-refractivity contribution in [2.45, 2.75) is 39.7 Å². The Bertz CT molecular complexity index is 1190. The predicted octanol–water partition coefficient (Wildman–Crippen LogP) is 5.79. The zero-order valence-corrected chi connectivity index (χ0v) is 21.1. The number of fused-ring (bicyclic) bond motifs is 3. The zero-order valence-electron chi connectivity index (χ0n) is 19.5. The summed E-state index contributed by atoms with van der Waals surface area (Å²) >= 11 is 7.52. The first-order valence-electron chi connectivity index (χ1n) is 11.6. The molecule has 0 radical (unpaired) electrons. The Morgan fingerprint density at radius 2 is 2.09 bits per heavy atom. The van der Waals surface area contributed by atoms with E-state index < -0.39 is 5.82 Å². The van der Waals surface area contributed by atoms with Crippen molar-refractivity contribution in [2.75, 3.05) is 31.5 Å². The lowest BCUT2D eigenvalue weighted by molar-refractivity contribution is -0.126. The van der Waals surface area contributed by atoms with Crippen LogP contribution in [-0.2, 0) is 17.8 Å². The lowest BCUT2D eigenvalue weighted by atomic mass is 10.0. The molecule has 1 aliphatic heterocycles. The molecule has 0 saturated heterocycles. The SMILES string of the molecule is CCCN(C/C=C/C(=O)N1CCc2c(sc3ncnc(Nc4ccc(F)c(Cl)c4)c23)C1)CCC. The second-order valence-corrected chi connectivity index (χ2v) is 9.86. The van der Waals surface area contributed by atoms with E-state index in [0.29, 0.717) is 24.6 Å². The topological polar surface area (TPSA) is 61.4 Å². The minimum atomic E-state index is -0.463. The van der Waals surface area contributed by atoms with Crippen LogP contribution in [0.4, 0.5) is 15.9 Å². The molecule has 0 aliphatic carbocycles. The molecule has 2 aromatic heterocycles. The zero-order chi connectivity index (χ0) is 24.1. The summed E-state index contributed by atoms with van der Waals surface area (Å²) in [6.07, 6.45) is 8.16. The number of rotatable bonds is 9. The van der Waals surface area contributed by atoms with Crippen molar-refractivity contribution in [1.82, 2.24) is 19.8 Å². The van der Waals surface area contributed by atoms with Crippen LogP contribution in [-0.4, -0.2) is 51.9 Å². The van der Waals surface area contributed by atoms with E-state index in [1.54, 1.807) is 29.5 Å². The van der Waals surface area contributed by atoms with Crippen molar-refractivity contribution in [1.29, 1.82) is 0 Å². The van der Waals surface area contributed by atoms with Gasteiger partial charge >= 0.3 is 0 Å². The number of amides is 1. The molecule has 1 amide bonds. The van der Waals surface area contributed by atoms with E-state index in [2.05, 4.69) is 34.0 Å². The Balaban J connectivity index is 1.49. The van der Waals surface area contributed by atoms with Crippen LogP contribution in [0.2, 0.25) is 5.02 Å². The van der Waals surface area contributed by atoms with E-state index in [0.717, 1.165) is 54.0 Å². The van der Waals surface area contributed by atoms with Crippen LogP contribution in [0.25, 0.3) is 10.2 Å². The Morgan fingerprint density at radius 1 is 1.29 bits per heavy atom. The summed E-state index contributed by atoms with van der Waals surface area (Å²) in [5.41, 5.74) is 1.82. The number of aromatic nitrogens is 2. The van der Waals surface area contributed by atoms with E-state index in [1.165, 1.54) is 18.0 Å². The number of thiophene rings is 1. The standard InChI is InChI=1S/C25H29ClFN5OS/c1-3-10-31(11-4-2)12-5-6-22(33)32-13-9-18-21(15-32)34-25-23(18)24(28-16-29-25)30-17-7-8-20(27)19(26)14-17/h5-8,14,16H,3-4,9-13,15H2,1-2H3,(H,28,29,30)/b6-5+. The smallest absolute Gasteiger partial charge is 0.246 e. The quantitative estimate of drug-likeness (QED) is 0.376. The Morgan fingerprint density at radius 3 is 2.82 bits per heavy atom. The Hall–Kier alpha value is -2.55. The molecule has 0 atom stereocenters. The number of carbonyl (C=O) groups is 1. The summed E-state index contributed by atoms with van der Waals surface area (Å²) in [6, 6.07) is 4.49. The molecule has 9 heteroatoms. The molecule has 0 saturated carbocycles. The molecular formula is C25H29ClFN5OS. The maximum absolute atomic E-state index is 13.5. The molecule has 0 bridgehead atoms. The summed E-state index contributed by atoms with van der Waals surface area (Å²) in [5, 5.41) is 4.26. The largest absolute Gasteiger partial charge is 0.340 e. The molecule has 34 heavy (non-hydrogen) atoms. The highest BCUT2D eigenvalue weighted by atomic mass is 35.5. The first-order valence-corrected chi connectivity index (χ1v) is 12.8. The monoisotopic (exact) mass is 501 g/mol. The molecule has 1 aliphatic rings. The average molecular weight is 502 g/mol. The molecule has 1 N–H and O–H groups in total. The molecular weight excluding hydrogens is 473 g/mol. The summed E-state index contributed by atoms with van der Waals surface area (Å²) < 4.78 is 13.5. The van der Waals surface area contributed by atoms with Crippen LogP contribution in [0.3, 0.4) is 0 Å². The fourth-order valence-corrected chi connectivity index (χ4v) is 5.64. The van der Waals surface area contributed by atoms with Crippen LogP contribution in [0.1, 0.15) is 37.1 Å². The Kier molecular flexibility index (Phi) is 8.13. The third-order valence-electron chi connectivity index (χ3n) is 5.83. The molecule has 6 nitrogen and oxygen atoms in total. The molecule has 3 heterocycles. The van der Waals surface area contributed by atoms with Gasteiger partial charge in [-0.3, -0.25) is 9.69 Å². The van der Waals surface area contributed by atoms with Gasteiger partial charge in [-0.25, -0.2) is 14.4 Å². The molecule has 1 aromatic carbocycles. The molecule has 0 fully saturated rings. The number of nitrogens with zero attached hydrogens (tertiary/aromatic N) is 4. The minimum Gasteiger partial charge on any atom is -0.340 e. The normalized spacial score (nSPS) is 13.7. The van der Waals surface area contributed by atoms with E-state index in [4.69, 9.17) is 11.6 Å². The second kappa shape index (κ2) is 11.3. The van der Waals surface area contributed by atoms with Crippen LogP contribution in [0.15, 0.2) is 36.7 Å². The first kappa shape index (κ1) is 24.6. The maximum Gasteiger partial charge on any atom is 0.246 e. The highest BCUT2D eigenvalue weighted by molar-refractivity contribution is 7.19. The summed E-state index contributed by atoms with van der Waals surface area (Å²) in [5.74, 6) is 0.244. The fourth-order valence-electron chi connectivity index (χ4n) is 4.26. The summed E-state index contributed by atoms with van der Waals surface area (Å²) in [4.78, 5) is 28.0. The van der Waals surface area contributed by atoms with Gasteiger partial charge in [0, 0.05) is 29.7 Å². The van der Waals surface area contributed by atoms with Gasteiger partial charge in [-0.1, -0.05) is 31.5 Å². The number of anilines is 2. The Labute approximate surface area is 208 Å². The highest BCUT2D eigenvalue weighted by Crippen LogP contribution is 2.38. The van der Waals surface area contributed by atoms with Gasteiger partial charge in [0.25, 0.3) is 0 Å². The van der Waals surface area contributed by atoms with Crippen molar-refractivity contribution >= 4 is 50.6 Å². The van der Waals surface area contributed by atoms with Crippen molar-refractivity contribution < 1.29 is 9.18 Å². The van der Waals surface area contributed by atoms with Crippen LogP contribution >= 0.6 is 22.9 Å². The molecule has 4 rings (SSSR count). The van der Waals surface area contributed by atoms with Gasteiger partial charge < -0.3 is 10.2 Å². The van der Waals surface area contributed by atoms with Gasteiger partial charge in [0.05, 0.1) is 17.0 Å². The van der Waals surface area contributed by atoms with Crippen LogP contribution in [0, 0.1) is 5.82 Å². The van der Waals surface area contributed by atoms with E-state index in [-0.39, 0.29) is 10.9 Å². The lowest BCUT2D eigenvalue weighted by Crippen LogP contribution is -2.34. The third-order valence-corrected chi connectivity index (χ3v) is 7.25. The van der Waals surface area contributed by atoms with E-state index in [9.17, 15) is 9.18 Å². The third kappa shape index (κ3) is 5.56. The van der Waals surface area contributed by atoms with Crippen LogP contribution in [0.5, 0.6) is 0 Å². The first-order chi connectivity index (χ1) is 16.5. The number of benzene rings is 1. The number of nitrogens with one attached hydrogen (secondary N) is 1. The summed E-state index contributed by atoms with van der Waals surface area (Å²) in [7, 11) is 0. The van der Waals surface area contributed by atoms with Crippen molar-refractivity contribution in [3.05, 3.63) is 58.0 Å². The molecule has 0 spiro atoms. The number of hydrogen-bond acceptors (Lipinski definition) is 6. The van der Waals surface area contributed by atoms with Crippen molar-refractivity contribution in [3.8, 4) is 0 Å². The fraction of sp³-hybridized carbons (Fsp3) is 0.400. The molecule has 0 unspecified atom stereocenters.